The summed E-state index contributed by atoms with van der Waals surface area (Å²) in [5, 5.41) is 0. The molecule has 0 saturated heterocycles. The van der Waals surface area contributed by atoms with Gasteiger partial charge in [0, 0.05) is 18.4 Å². The van der Waals surface area contributed by atoms with Gasteiger partial charge in [0.1, 0.15) is 11.9 Å². The average Bonchev–Trinajstić information content (AvgIpc) is 3.23. The number of hydrogen-bond acceptors (Lipinski definition) is 5. The molecule has 2 aliphatic rings. The minimum Gasteiger partial charge on any atom is -0.373 e. The molecule has 1 aromatic rings. The molecule has 1 saturated carbocycles. The number of nitrogen functional groups attached to an aromatic ring is 1. The molecule has 0 spiro atoms. The van der Waals surface area contributed by atoms with Gasteiger partial charge in [0.05, 0.1) is 0 Å². The molecule has 2 aliphatic carbocycles. The summed E-state index contributed by atoms with van der Waals surface area (Å²) in [6.07, 6.45) is 6.91. The second-order valence-corrected chi connectivity index (χ2v) is 5.20. The van der Waals surface area contributed by atoms with Crippen LogP contribution in [0.15, 0.2) is 0 Å². The minimum absolute atomic E-state index is 0.0318. The number of aromatic nitrogens is 2. The van der Waals surface area contributed by atoms with Gasteiger partial charge in [-0.1, -0.05) is 0 Å². The van der Waals surface area contributed by atoms with Crippen LogP contribution >= 0.6 is 0 Å². The molecule has 1 heterocycles. The molecule has 98 valence electrons. The summed E-state index contributed by atoms with van der Waals surface area (Å²) in [5.74, 6) is 7.77. The van der Waals surface area contributed by atoms with E-state index in [2.05, 4.69) is 10.4 Å². The lowest BCUT2D eigenvalue weighted by Crippen LogP contribution is -2.20. The number of hydrazine groups is 1. The van der Waals surface area contributed by atoms with Crippen LogP contribution in [0.25, 0.3) is 0 Å². The van der Waals surface area contributed by atoms with Gasteiger partial charge >= 0.3 is 0 Å². The first kappa shape index (κ1) is 11.9. The van der Waals surface area contributed by atoms with Gasteiger partial charge in [-0.05, 0) is 44.4 Å². The molecule has 5 nitrogen and oxygen atoms in total. The lowest BCUT2D eigenvalue weighted by Gasteiger charge is -2.21. The van der Waals surface area contributed by atoms with E-state index < -0.39 is 0 Å². The normalized spacial score (nSPS) is 20.3. The summed E-state index contributed by atoms with van der Waals surface area (Å²) in [4.78, 5) is 9.29. The molecule has 0 bridgehead atoms. The zero-order chi connectivity index (χ0) is 12.5. The fraction of sp³-hybridized carbons (Fsp3) is 0.692. The van der Waals surface area contributed by atoms with Crippen LogP contribution in [0.2, 0.25) is 0 Å². The second-order valence-electron chi connectivity index (χ2n) is 5.20. The van der Waals surface area contributed by atoms with Gasteiger partial charge < -0.3 is 10.2 Å². The van der Waals surface area contributed by atoms with Gasteiger partial charge in [0.2, 0.25) is 0 Å². The number of methoxy groups -OCH3 is 1. The van der Waals surface area contributed by atoms with Crippen molar-refractivity contribution in [3.63, 3.8) is 0 Å². The lowest BCUT2D eigenvalue weighted by atomic mass is 9.96. The van der Waals surface area contributed by atoms with Gasteiger partial charge in [0.15, 0.2) is 5.82 Å². The summed E-state index contributed by atoms with van der Waals surface area (Å²) >= 11 is 0. The van der Waals surface area contributed by atoms with Crippen molar-refractivity contribution in [1.29, 1.82) is 0 Å². The maximum Gasteiger partial charge on any atom is 0.160 e. The molecule has 5 heteroatoms. The monoisotopic (exact) mass is 248 g/mol. The van der Waals surface area contributed by atoms with Crippen molar-refractivity contribution in [2.45, 2.75) is 44.6 Å². The van der Waals surface area contributed by atoms with Crippen LogP contribution < -0.4 is 11.3 Å². The van der Waals surface area contributed by atoms with Crippen molar-refractivity contribution in [2.75, 3.05) is 12.5 Å². The van der Waals surface area contributed by atoms with E-state index in [-0.39, 0.29) is 6.10 Å². The number of fused-ring (bicyclic) bond motifs is 1. The molecule has 3 N–H and O–H groups in total. The Balaban J connectivity index is 1.99. The highest BCUT2D eigenvalue weighted by Gasteiger charge is 2.35. The number of nitrogens with one attached hydrogen (secondary N) is 1. The highest BCUT2D eigenvalue weighted by molar-refractivity contribution is 5.47. The maximum absolute atomic E-state index is 5.60. The van der Waals surface area contributed by atoms with Gasteiger partial charge in [-0.3, -0.25) is 0 Å². The van der Waals surface area contributed by atoms with E-state index in [4.69, 9.17) is 15.6 Å². The fourth-order valence-electron chi connectivity index (χ4n) is 2.77. The van der Waals surface area contributed by atoms with Gasteiger partial charge in [0.25, 0.3) is 0 Å². The highest BCUT2D eigenvalue weighted by Crippen LogP contribution is 2.42. The number of aryl methyl sites for hydroxylation is 1. The van der Waals surface area contributed by atoms with Crippen LogP contribution in [-0.4, -0.2) is 17.1 Å². The molecule has 0 amide bonds. The zero-order valence-electron chi connectivity index (χ0n) is 10.8. The van der Waals surface area contributed by atoms with E-state index in [0.29, 0.717) is 5.92 Å². The standard InChI is InChI=1S/C13H20N4O/c1-18-11(8-6-7-8)13-15-10-5-3-2-4-9(10)12(16-13)17-14/h8,11H,2-7,14H2,1H3,(H,15,16,17). The SMILES string of the molecule is COC(c1nc2c(c(NN)n1)CCCC2)C1CC1. The fourth-order valence-corrected chi connectivity index (χ4v) is 2.77. The van der Waals surface area contributed by atoms with Crippen LogP contribution in [0.1, 0.15) is 48.9 Å². The van der Waals surface area contributed by atoms with E-state index in [1.807, 2.05) is 0 Å². The molecule has 18 heavy (non-hydrogen) atoms. The van der Waals surface area contributed by atoms with Gasteiger partial charge in [-0.2, -0.15) is 0 Å². The third-order valence-corrected chi connectivity index (χ3v) is 3.90. The summed E-state index contributed by atoms with van der Waals surface area (Å²) in [6.45, 7) is 0. The molecule has 0 aromatic carbocycles. The minimum atomic E-state index is 0.0318. The summed E-state index contributed by atoms with van der Waals surface area (Å²) < 4.78 is 5.56. The number of nitrogens with zero attached hydrogens (tertiary/aromatic N) is 2. The van der Waals surface area contributed by atoms with Crippen molar-refractivity contribution < 1.29 is 4.74 Å². The number of rotatable bonds is 4. The number of hydrogen-bond donors (Lipinski definition) is 2. The van der Waals surface area contributed by atoms with E-state index in [0.717, 1.165) is 30.2 Å². The molecule has 0 aliphatic heterocycles. The molecule has 1 aromatic heterocycles. The molecular weight excluding hydrogens is 228 g/mol. The van der Waals surface area contributed by atoms with E-state index in [1.54, 1.807) is 7.11 Å². The number of ether oxygens (including phenoxy) is 1. The summed E-state index contributed by atoms with van der Waals surface area (Å²) in [6, 6.07) is 0. The Bertz CT molecular complexity index is 428. The van der Waals surface area contributed by atoms with E-state index in [9.17, 15) is 0 Å². The van der Waals surface area contributed by atoms with Crippen molar-refractivity contribution >= 4 is 5.82 Å². The number of anilines is 1. The smallest absolute Gasteiger partial charge is 0.160 e. The first-order valence-corrected chi connectivity index (χ1v) is 6.72. The Morgan fingerprint density at radius 1 is 1.28 bits per heavy atom. The van der Waals surface area contributed by atoms with Crippen LogP contribution in [0, 0.1) is 5.92 Å². The average molecular weight is 248 g/mol. The molecule has 1 atom stereocenters. The Morgan fingerprint density at radius 3 is 2.72 bits per heavy atom. The lowest BCUT2D eigenvalue weighted by molar-refractivity contribution is 0.0770. The van der Waals surface area contributed by atoms with E-state index >= 15 is 0 Å². The summed E-state index contributed by atoms with van der Waals surface area (Å²) in [5.41, 5.74) is 5.07. The van der Waals surface area contributed by atoms with E-state index in [1.165, 1.54) is 31.2 Å². The first-order valence-electron chi connectivity index (χ1n) is 6.72. The van der Waals surface area contributed by atoms with Gasteiger partial charge in [-0.15, -0.1) is 0 Å². The largest absolute Gasteiger partial charge is 0.373 e. The second kappa shape index (κ2) is 4.82. The van der Waals surface area contributed by atoms with Crippen molar-refractivity contribution in [3.8, 4) is 0 Å². The molecule has 0 radical (unpaired) electrons. The Hall–Kier alpha value is -1.20. The van der Waals surface area contributed by atoms with Crippen molar-refractivity contribution in [3.05, 3.63) is 17.1 Å². The van der Waals surface area contributed by atoms with Crippen LogP contribution in [0.4, 0.5) is 5.82 Å². The first-order chi connectivity index (χ1) is 8.83. The Kier molecular flexibility index (Phi) is 3.18. The highest BCUT2D eigenvalue weighted by atomic mass is 16.5. The zero-order valence-corrected chi connectivity index (χ0v) is 10.8. The van der Waals surface area contributed by atoms with Crippen LogP contribution in [-0.2, 0) is 17.6 Å². The Morgan fingerprint density at radius 2 is 2.06 bits per heavy atom. The third-order valence-electron chi connectivity index (χ3n) is 3.90. The van der Waals surface area contributed by atoms with Crippen LogP contribution in [0.3, 0.4) is 0 Å². The summed E-state index contributed by atoms with van der Waals surface area (Å²) in [7, 11) is 1.74. The molecule has 3 rings (SSSR count). The maximum atomic E-state index is 5.60. The van der Waals surface area contributed by atoms with Crippen molar-refractivity contribution in [1.82, 2.24) is 9.97 Å². The third kappa shape index (κ3) is 2.08. The molecule has 1 unspecified atom stereocenters. The number of nitrogens with two attached hydrogens (primary N) is 1. The Labute approximate surface area is 107 Å². The van der Waals surface area contributed by atoms with Crippen molar-refractivity contribution in [2.24, 2.45) is 11.8 Å². The quantitative estimate of drug-likeness (QED) is 0.627. The predicted molar refractivity (Wildman–Crippen MR) is 69.0 cm³/mol. The predicted octanol–water partition coefficient (Wildman–Crippen LogP) is 1.74. The molecular formula is C13H20N4O. The molecule has 1 fully saturated rings. The topological polar surface area (TPSA) is 73.1 Å². The van der Waals surface area contributed by atoms with Crippen LogP contribution in [0.5, 0.6) is 0 Å². The van der Waals surface area contributed by atoms with Gasteiger partial charge in [-0.25, -0.2) is 15.8 Å².